The molecule has 0 spiro atoms. The van der Waals surface area contributed by atoms with Crippen molar-refractivity contribution in [2.45, 2.75) is 13.3 Å². The van der Waals surface area contributed by atoms with Crippen LogP contribution in [0.2, 0.25) is 0 Å². The van der Waals surface area contributed by atoms with Gasteiger partial charge in [0.25, 0.3) is 0 Å². The van der Waals surface area contributed by atoms with Crippen LogP contribution < -0.4 is 5.32 Å². The first-order valence-corrected chi connectivity index (χ1v) is 5.65. The summed E-state index contributed by atoms with van der Waals surface area (Å²) in [7, 11) is 0. The third-order valence-corrected chi connectivity index (χ3v) is 2.78. The van der Waals surface area contributed by atoms with Crippen LogP contribution in [-0.4, -0.2) is 28.5 Å². The van der Waals surface area contributed by atoms with Crippen LogP contribution >= 0.6 is 0 Å². The quantitative estimate of drug-likeness (QED) is 0.765. The molecule has 0 saturated carbocycles. The summed E-state index contributed by atoms with van der Waals surface area (Å²) in [5.41, 5.74) is 2.17. The molecule has 94 valence electrons. The van der Waals surface area contributed by atoms with Crippen LogP contribution in [0.15, 0.2) is 24.4 Å². The number of hydrogen-bond acceptors (Lipinski definition) is 2. The van der Waals surface area contributed by atoms with Crippen molar-refractivity contribution in [1.82, 2.24) is 10.3 Å². The second-order valence-electron chi connectivity index (χ2n) is 4.11. The Hall–Kier alpha value is -2.30. The van der Waals surface area contributed by atoms with E-state index in [1.54, 1.807) is 18.2 Å². The van der Waals surface area contributed by atoms with Gasteiger partial charge >= 0.3 is 5.97 Å². The van der Waals surface area contributed by atoms with Gasteiger partial charge in [0.2, 0.25) is 5.91 Å². The minimum absolute atomic E-state index is 0.0685. The Balaban J connectivity index is 2.25. The first-order chi connectivity index (χ1) is 8.58. The average Bonchev–Trinajstić information content (AvgIpc) is 2.71. The molecule has 0 saturated heterocycles. The zero-order valence-corrected chi connectivity index (χ0v) is 9.99. The highest BCUT2D eigenvalue weighted by Crippen LogP contribution is 2.20. The number of carbonyl (C=O) groups is 2. The van der Waals surface area contributed by atoms with Gasteiger partial charge in [0, 0.05) is 30.6 Å². The molecule has 1 heterocycles. The predicted octanol–water partition coefficient (Wildman–Crippen LogP) is 1.54. The minimum Gasteiger partial charge on any atom is -0.478 e. The van der Waals surface area contributed by atoms with E-state index < -0.39 is 5.97 Å². The topological polar surface area (TPSA) is 82.2 Å². The Labute approximate surface area is 104 Å². The van der Waals surface area contributed by atoms with E-state index in [-0.39, 0.29) is 11.5 Å². The van der Waals surface area contributed by atoms with Crippen LogP contribution in [0.1, 0.15) is 22.8 Å². The van der Waals surface area contributed by atoms with E-state index in [1.807, 2.05) is 6.20 Å². The smallest absolute Gasteiger partial charge is 0.335 e. The Morgan fingerprint density at radius 2 is 2.17 bits per heavy atom. The van der Waals surface area contributed by atoms with E-state index in [0.29, 0.717) is 13.0 Å². The summed E-state index contributed by atoms with van der Waals surface area (Å²) < 4.78 is 0. The van der Waals surface area contributed by atoms with Crippen LogP contribution in [0.25, 0.3) is 10.9 Å². The molecule has 18 heavy (non-hydrogen) atoms. The molecule has 0 unspecified atom stereocenters. The first-order valence-electron chi connectivity index (χ1n) is 5.65. The third-order valence-electron chi connectivity index (χ3n) is 2.78. The number of H-pyrrole nitrogens is 1. The molecule has 1 amide bonds. The van der Waals surface area contributed by atoms with Gasteiger partial charge < -0.3 is 15.4 Å². The fraction of sp³-hybridized carbons (Fsp3) is 0.231. The lowest BCUT2D eigenvalue weighted by Gasteiger charge is -2.01. The van der Waals surface area contributed by atoms with Gasteiger partial charge in [-0.25, -0.2) is 4.79 Å². The van der Waals surface area contributed by atoms with E-state index >= 15 is 0 Å². The number of hydrogen-bond donors (Lipinski definition) is 3. The highest BCUT2D eigenvalue weighted by atomic mass is 16.4. The van der Waals surface area contributed by atoms with Gasteiger partial charge in [0.1, 0.15) is 0 Å². The highest BCUT2D eigenvalue weighted by Gasteiger charge is 2.08. The highest BCUT2D eigenvalue weighted by molar-refractivity contribution is 5.94. The lowest BCUT2D eigenvalue weighted by Crippen LogP contribution is -2.22. The van der Waals surface area contributed by atoms with Gasteiger partial charge in [0.15, 0.2) is 0 Å². The minimum atomic E-state index is -0.939. The number of rotatable bonds is 4. The molecule has 0 atom stereocenters. The van der Waals surface area contributed by atoms with Crippen LogP contribution in [0.5, 0.6) is 0 Å². The van der Waals surface area contributed by atoms with Crippen LogP contribution in [0.4, 0.5) is 0 Å². The molecular formula is C13H14N2O3. The third kappa shape index (κ3) is 2.51. The standard InChI is InChI=1S/C13H14N2O3/c1-8(16)14-5-4-10-7-15-12-3-2-9(13(17)18)6-11(10)12/h2-3,6-7,15H,4-5H2,1H3,(H,14,16)(H,17,18). The van der Waals surface area contributed by atoms with E-state index in [1.165, 1.54) is 6.92 Å². The average molecular weight is 246 g/mol. The van der Waals surface area contributed by atoms with Gasteiger partial charge in [-0.3, -0.25) is 4.79 Å². The summed E-state index contributed by atoms with van der Waals surface area (Å²) in [4.78, 5) is 24.8. The van der Waals surface area contributed by atoms with Crippen LogP contribution in [-0.2, 0) is 11.2 Å². The second kappa shape index (κ2) is 4.91. The molecular weight excluding hydrogens is 232 g/mol. The van der Waals surface area contributed by atoms with E-state index in [0.717, 1.165) is 16.5 Å². The normalized spacial score (nSPS) is 10.5. The second-order valence-corrected chi connectivity index (χ2v) is 4.11. The fourth-order valence-corrected chi connectivity index (χ4v) is 1.89. The van der Waals surface area contributed by atoms with E-state index in [2.05, 4.69) is 10.3 Å². The summed E-state index contributed by atoms with van der Waals surface area (Å²) >= 11 is 0. The molecule has 0 bridgehead atoms. The number of carbonyl (C=O) groups excluding carboxylic acids is 1. The van der Waals surface area contributed by atoms with Crippen molar-refractivity contribution < 1.29 is 14.7 Å². The molecule has 5 nitrogen and oxygen atoms in total. The predicted molar refractivity (Wildman–Crippen MR) is 67.6 cm³/mol. The number of fused-ring (bicyclic) bond motifs is 1. The van der Waals surface area contributed by atoms with Gasteiger partial charge in [-0.2, -0.15) is 0 Å². The van der Waals surface area contributed by atoms with Gasteiger partial charge in [-0.05, 0) is 30.2 Å². The van der Waals surface area contributed by atoms with Crippen molar-refractivity contribution in [1.29, 1.82) is 0 Å². The first kappa shape index (κ1) is 12.2. The van der Waals surface area contributed by atoms with Gasteiger partial charge in [-0.1, -0.05) is 0 Å². The maximum atomic E-state index is 10.9. The number of benzene rings is 1. The monoisotopic (exact) mass is 246 g/mol. The molecule has 0 aliphatic heterocycles. The number of carboxylic acid groups (broad SMARTS) is 1. The van der Waals surface area contributed by atoms with E-state index in [9.17, 15) is 9.59 Å². The molecule has 1 aromatic carbocycles. The van der Waals surface area contributed by atoms with Crippen LogP contribution in [0, 0.1) is 0 Å². The summed E-state index contributed by atoms with van der Waals surface area (Å²) in [6.45, 7) is 2.01. The van der Waals surface area contributed by atoms with Crippen LogP contribution in [0.3, 0.4) is 0 Å². The molecule has 0 aliphatic rings. The lowest BCUT2D eigenvalue weighted by molar-refractivity contribution is -0.118. The largest absolute Gasteiger partial charge is 0.478 e. The van der Waals surface area contributed by atoms with Crippen molar-refractivity contribution in [3.63, 3.8) is 0 Å². The Kier molecular flexibility index (Phi) is 3.32. The molecule has 0 fully saturated rings. The van der Waals surface area contributed by atoms with Crippen molar-refractivity contribution in [3.05, 3.63) is 35.5 Å². The number of nitrogens with one attached hydrogen (secondary N) is 2. The maximum Gasteiger partial charge on any atom is 0.335 e. The summed E-state index contributed by atoms with van der Waals surface area (Å²) in [5.74, 6) is -1.01. The summed E-state index contributed by atoms with van der Waals surface area (Å²) in [6.07, 6.45) is 2.51. The number of carboxylic acids is 1. The van der Waals surface area contributed by atoms with Crippen molar-refractivity contribution in [2.24, 2.45) is 0 Å². The number of amides is 1. The number of aromatic amines is 1. The van der Waals surface area contributed by atoms with Gasteiger partial charge in [-0.15, -0.1) is 0 Å². The lowest BCUT2D eigenvalue weighted by atomic mass is 10.1. The summed E-state index contributed by atoms with van der Waals surface area (Å²) in [5, 5.41) is 12.6. The number of aromatic nitrogens is 1. The maximum absolute atomic E-state index is 10.9. The molecule has 0 radical (unpaired) electrons. The van der Waals surface area contributed by atoms with Crippen molar-refractivity contribution in [3.8, 4) is 0 Å². The molecule has 1 aromatic heterocycles. The zero-order valence-electron chi connectivity index (χ0n) is 9.99. The Morgan fingerprint density at radius 3 is 2.83 bits per heavy atom. The van der Waals surface area contributed by atoms with Crippen molar-refractivity contribution in [2.75, 3.05) is 6.54 Å². The Bertz CT molecular complexity index is 601. The van der Waals surface area contributed by atoms with E-state index in [4.69, 9.17) is 5.11 Å². The summed E-state index contributed by atoms with van der Waals surface area (Å²) in [6, 6.07) is 4.97. The Morgan fingerprint density at radius 1 is 1.39 bits per heavy atom. The SMILES string of the molecule is CC(=O)NCCc1c[nH]c2ccc(C(=O)O)cc12. The number of aromatic carboxylic acids is 1. The molecule has 5 heteroatoms. The molecule has 2 rings (SSSR count). The van der Waals surface area contributed by atoms with Crippen molar-refractivity contribution >= 4 is 22.8 Å². The van der Waals surface area contributed by atoms with Gasteiger partial charge in [0.05, 0.1) is 5.56 Å². The zero-order chi connectivity index (χ0) is 13.1. The molecule has 3 N–H and O–H groups in total. The molecule has 2 aromatic rings. The molecule has 0 aliphatic carbocycles. The fourth-order valence-electron chi connectivity index (χ4n) is 1.89.